The maximum absolute atomic E-state index is 13.8. The summed E-state index contributed by atoms with van der Waals surface area (Å²) in [5, 5.41) is 1.97. The number of aryl methyl sites for hydroxylation is 2. The molecule has 3 rings (SSSR count). The van der Waals surface area contributed by atoms with Crippen LogP contribution in [0, 0.1) is 6.92 Å². The lowest BCUT2D eigenvalue weighted by molar-refractivity contribution is -0.295. The van der Waals surface area contributed by atoms with E-state index in [-0.39, 0.29) is 11.9 Å². The molecule has 0 radical (unpaired) electrons. The Hall–Kier alpha value is -2.82. The number of anilines is 1. The fraction of sp³-hybridized carbons (Fsp3) is 0.300. The van der Waals surface area contributed by atoms with Crippen LogP contribution in [-0.2, 0) is 11.2 Å². The smallest absolute Gasteiger partial charge is 0.324 e. The number of nitrogens with zero attached hydrogens (tertiary/aromatic N) is 1. The van der Waals surface area contributed by atoms with Gasteiger partial charge in [-0.15, -0.1) is 0 Å². The lowest BCUT2D eigenvalue weighted by Crippen LogP contribution is -2.72. The van der Waals surface area contributed by atoms with Crippen molar-refractivity contribution in [2.45, 2.75) is 37.8 Å². The lowest BCUT2D eigenvalue weighted by Gasteiger charge is -2.38. The Bertz CT molecular complexity index is 1050. The molecule has 0 aliphatic heterocycles. The van der Waals surface area contributed by atoms with Crippen LogP contribution in [-0.4, -0.2) is 28.9 Å². The van der Waals surface area contributed by atoms with Crippen LogP contribution in [0.5, 0.6) is 0 Å². The number of rotatable bonds is 6. The Morgan fingerprint density at radius 1 is 1.00 bits per heavy atom. The van der Waals surface area contributed by atoms with Crippen molar-refractivity contribution in [1.82, 2.24) is 10.3 Å². The molecule has 0 spiro atoms. The van der Waals surface area contributed by atoms with Crippen molar-refractivity contribution in [3.05, 3.63) is 59.7 Å². The second-order valence-electron chi connectivity index (χ2n) is 6.89. The van der Waals surface area contributed by atoms with Crippen molar-refractivity contribution in [3.8, 4) is 0 Å². The predicted octanol–water partition coefficient (Wildman–Crippen LogP) is 5.59. The first-order chi connectivity index (χ1) is 14.4. The van der Waals surface area contributed by atoms with Crippen molar-refractivity contribution in [2.24, 2.45) is 0 Å². The predicted molar refractivity (Wildman–Crippen MR) is 106 cm³/mol. The van der Waals surface area contributed by atoms with E-state index in [4.69, 9.17) is 0 Å². The number of thiazole rings is 1. The Labute approximate surface area is 177 Å². The normalized spacial score (nSPS) is 12.7. The van der Waals surface area contributed by atoms with Gasteiger partial charge >= 0.3 is 18.0 Å². The zero-order valence-corrected chi connectivity index (χ0v) is 16.9. The number of aromatic nitrogens is 1. The van der Waals surface area contributed by atoms with Gasteiger partial charge in [0.1, 0.15) is 0 Å². The highest BCUT2D eigenvalue weighted by Crippen LogP contribution is 2.44. The quantitative estimate of drug-likeness (QED) is 0.372. The van der Waals surface area contributed by atoms with Gasteiger partial charge in [0.2, 0.25) is 5.91 Å². The minimum Gasteiger partial charge on any atom is -0.324 e. The maximum Gasteiger partial charge on any atom is 0.439 e. The first kappa shape index (κ1) is 22.9. The number of hydrogen-bond acceptors (Lipinski definition) is 4. The van der Waals surface area contributed by atoms with Gasteiger partial charge in [0, 0.05) is 6.42 Å². The minimum absolute atomic E-state index is 0.0150. The van der Waals surface area contributed by atoms with E-state index >= 15 is 0 Å². The second-order valence-corrected chi connectivity index (χ2v) is 7.93. The van der Waals surface area contributed by atoms with E-state index < -0.39 is 35.5 Å². The number of halogens is 6. The maximum atomic E-state index is 13.8. The Balaban J connectivity index is 1.91. The summed E-state index contributed by atoms with van der Waals surface area (Å²) in [6.45, 7) is 1.73. The van der Waals surface area contributed by atoms with E-state index in [1.807, 2.05) is 0 Å². The number of hydrogen-bond donors (Lipinski definition) is 2. The zero-order chi connectivity index (χ0) is 22.9. The SMILES string of the molecule is Cc1ccc2nc(NC(NC(=O)CCc3ccccc3)(C(F)(F)F)C(F)(F)F)sc2c1. The summed E-state index contributed by atoms with van der Waals surface area (Å²) in [6.07, 6.45) is -12.3. The highest BCUT2D eigenvalue weighted by Gasteiger charge is 2.73. The summed E-state index contributed by atoms with van der Waals surface area (Å²) in [7, 11) is 0. The van der Waals surface area contributed by atoms with E-state index in [2.05, 4.69) is 4.98 Å². The molecule has 0 unspecified atom stereocenters. The highest BCUT2D eigenvalue weighted by atomic mass is 32.1. The van der Waals surface area contributed by atoms with Gasteiger partial charge in [0.05, 0.1) is 10.2 Å². The van der Waals surface area contributed by atoms with Crippen molar-refractivity contribution < 1.29 is 31.1 Å². The van der Waals surface area contributed by atoms with Crippen molar-refractivity contribution in [3.63, 3.8) is 0 Å². The summed E-state index contributed by atoms with van der Waals surface area (Å²) >= 11 is 0.634. The molecular formula is C20H17F6N3OS. The molecule has 31 heavy (non-hydrogen) atoms. The third kappa shape index (κ3) is 4.92. The van der Waals surface area contributed by atoms with E-state index in [9.17, 15) is 31.1 Å². The fourth-order valence-corrected chi connectivity index (χ4v) is 3.91. The zero-order valence-electron chi connectivity index (χ0n) is 16.1. The average molecular weight is 461 g/mol. The number of alkyl halides is 6. The Morgan fingerprint density at radius 3 is 2.26 bits per heavy atom. The van der Waals surface area contributed by atoms with Crippen LogP contribution in [0.4, 0.5) is 31.5 Å². The first-order valence-electron chi connectivity index (χ1n) is 9.05. The number of benzene rings is 2. The second kappa shape index (κ2) is 8.37. The summed E-state index contributed by atoms with van der Waals surface area (Å²) < 4.78 is 83.1. The summed E-state index contributed by atoms with van der Waals surface area (Å²) in [6, 6.07) is 13.0. The van der Waals surface area contributed by atoms with Gasteiger partial charge in [-0.3, -0.25) is 4.79 Å². The summed E-state index contributed by atoms with van der Waals surface area (Å²) in [5.41, 5.74) is -3.06. The minimum atomic E-state index is -5.89. The fourth-order valence-electron chi connectivity index (χ4n) is 2.90. The van der Waals surface area contributed by atoms with Gasteiger partial charge < -0.3 is 10.6 Å². The number of amides is 1. The van der Waals surface area contributed by atoms with Crippen LogP contribution in [0.3, 0.4) is 0 Å². The molecular weight excluding hydrogens is 444 g/mol. The Kier molecular flexibility index (Phi) is 6.17. The van der Waals surface area contributed by atoms with E-state index in [0.717, 1.165) is 10.9 Å². The molecule has 0 aliphatic carbocycles. The number of carbonyl (C=O) groups is 1. The van der Waals surface area contributed by atoms with E-state index in [1.165, 1.54) is 11.4 Å². The van der Waals surface area contributed by atoms with Gasteiger partial charge in [-0.2, -0.15) is 26.3 Å². The van der Waals surface area contributed by atoms with Gasteiger partial charge in [-0.05, 0) is 36.6 Å². The average Bonchev–Trinajstić information content (AvgIpc) is 3.06. The number of carbonyl (C=O) groups excluding carboxylic acids is 1. The van der Waals surface area contributed by atoms with E-state index in [0.29, 0.717) is 21.6 Å². The van der Waals surface area contributed by atoms with Crippen LogP contribution in [0.1, 0.15) is 17.5 Å². The Morgan fingerprint density at radius 2 is 1.65 bits per heavy atom. The molecule has 4 nitrogen and oxygen atoms in total. The van der Waals surface area contributed by atoms with Crippen molar-refractivity contribution in [1.29, 1.82) is 0 Å². The van der Waals surface area contributed by atoms with Gasteiger partial charge in [0.15, 0.2) is 5.13 Å². The molecule has 0 atom stereocenters. The van der Waals surface area contributed by atoms with Crippen LogP contribution >= 0.6 is 11.3 Å². The van der Waals surface area contributed by atoms with Crippen LogP contribution in [0.25, 0.3) is 10.2 Å². The molecule has 166 valence electrons. The molecule has 1 aromatic heterocycles. The van der Waals surface area contributed by atoms with Crippen molar-refractivity contribution in [2.75, 3.05) is 5.32 Å². The summed E-state index contributed by atoms with van der Waals surface area (Å²) in [5.74, 6) is -1.40. The molecule has 1 heterocycles. The van der Waals surface area contributed by atoms with Crippen LogP contribution in [0.2, 0.25) is 0 Å². The molecule has 0 fully saturated rings. The third-order valence-corrected chi connectivity index (χ3v) is 5.43. The van der Waals surface area contributed by atoms with Gasteiger partial charge in [-0.25, -0.2) is 4.98 Å². The standard InChI is InChI=1S/C20H17F6N3OS/c1-12-7-9-14-15(11-12)31-17(27-14)29-18(19(21,22)23,20(24,25)26)28-16(30)10-8-13-5-3-2-4-6-13/h2-7,9,11H,8,10H2,1H3,(H,27,29)(H,28,30). The molecule has 2 aromatic carbocycles. The van der Waals surface area contributed by atoms with Crippen LogP contribution < -0.4 is 10.6 Å². The molecule has 3 aromatic rings. The topological polar surface area (TPSA) is 54.0 Å². The third-order valence-electron chi connectivity index (χ3n) is 4.50. The van der Waals surface area contributed by atoms with E-state index in [1.54, 1.807) is 49.4 Å². The molecule has 0 saturated heterocycles. The molecule has 0 aliphatic rings. The number of fused-ring (bicyclic) bond motifs is 1. The van der Waals surface area contributed by atoms with Crippen LogP contribution in [0.15, 0.2) is 48.5 Å². The molecule has 11 heteroatoms. The largest absolute Gasteiger partial charge is 0.439 e. The molecule has 1 amide bonds. The molecule has 2 N–H and O–H groups in total. The van der Waals surface area contributed by atoms with Gasteiger partial charge in [0.25, 0.3) is 0 Å². The monoisotopic (exact) mass is 461 g/mol. The molecule has 0 saturated carbocycles. The van der Waals surface area contributed by atoms with Crippen molar-refractivity contribution >= 4 is 32.6 Å². The number of nitrogens with one attached hydrogen (secondary N) is 2. The molecule has 0 bridgehead atoms. The first-order valence-corrected chi connectivity index (χ1v) is 9.87. The highest BCUT2D eigenvalue weighted by molar-refractivity contribution is 7.22. The van der Waals surface area contributed by atoms with Gasteiger partial charge in [-0.1, -0.05) is 47.7 Å². The summed E-state index contributed by atoms with van der Waals surface area (Å²) in [4.78, 5) is 16.0. The lowest BCUT2D eigenvalue weighted by atomic mass is 10.1.